The number of hydrogen-bond acceptors (Lipinski definition) is 2. The van der Waals surface area contributed by atoms with Crippen LogP contribution in [0.4, 0.5) is 0 Å². The molecule has 3 N–H and O–H groups in total. The third-order valence-corrected chi connectivity index (χ3v) is 2.59. The van der Waals surface area contributed by atoms with Crippen LogP contribution in [-0.4, -0.2) is 17.6 Å². The van der Waals surface area contributed by atoms with Gasteiger partial charge in [0.25, 0.3) is 5.97 Å². The normalized spacial score (nSPS) is 27.3. The van der Waals surface area contributed by atoms with Crippen LogP contribution in [0.15, 0.2) is 0 Å². The van der Waals surface area contributed by atoms with E-state index in [2.05, 4.69) is 6.92 Å². The fraction of sp³-hybridized carbons (Fsp3) is 0.900. The van der Waals surface area contributed by atoms with E-state index in [0.717, 1.165) is 25.3 Å². The zero-order valence-corrected chi connectivity index (χ0v) is 8.62. The summed E-state index contributed by atoms with van der Waals surface area (Å²) in [5.74, 6) is 0.891. The van der Waals surface area contributed by atoms with Crippen molar-refractivity contribution in [3.8, 4) is 0 Å². The fourth-order valence-electron chi connectivity index (χ4n) is 1.74. The molecule has 3 nitrogen and oxygen atoms in total. The zero-order valence-electron chi connectivity index (χ0n) is 8.62. The number of rotatable bonds is 1. The predicted molar refractivity (Wildman–Crippen MR) is 53.5 cm³/mol. The van der Waals surface area contributed by atoms with E-state index in [9.17, 15) is 0 Å². The first-order valence-electron chi connectivity index (χ1n) is 4.97. The quantitative estimate of drug-likeness (QED) is 0.658. The highest BCUT2D eigenvalue weighted by atomic mass is 16.4. The fourth-order valence-corrected chi connectivity index (χ4v) is 1.74. The summed E-state index contributed by atoms with van der Waals surface area (Å²) in [7, 11) is 0. The summed E-state index contributed by atoms with van der Waals surface area (Å²) in [6.45, 7) is 4.32. The lowest BCUT2D eigenvalue weighted by Crippen LogP contribution is -2.24. The van der Waals surface area contributed by atoms with Crippen LogP contribution in [0, 0.1) is 11.8 Å². The van der Waals surface area contributed by atoms with E-state index in [4.69, 9.17) is 15.6 Å². The van der Waals surface area contributed by atoms with E-state index >= 15 is 0 Å². The van der Waals surface area contributed by atoms with Crippen LogP contribution in [0.5, 0.6) is 0 Å². The Kier molecular flexibility index (Phi) is 6.59. The highest BCUT2D eigenvalue weighted by Gasteiger charge is 2.18. The van der Waals surface area contributed by atoms with Gasteiger partial charge in [0, 0.05) is 6.92 Å². The Bertz CT molecular complexity index is 144. The Morgan fingerprint density at radius 1 is 1.46 bits per heavy atom. The third kappa shape index (κ3) is 6.58. The van der Waals surface area contributed by atoms with Crippen molar-refractivity contribution in [2.75, 3.05) is 6.54 Å². The molecule has 0 bridgehead atoms. The van der Waals surface area contributed by atoms with Gasteiger partial charge >= 0.3 is 0 Å². The minimum Gasteiger partial charge on any atom is -0.481 e. The van der Waals surface area contributed by atoms with E-state index in [1.54, 1.807) is 0 Å². The standard InChI is InChI=1S/C8H17N.C2H4O2/c1-7-4-2-3-5-8(7)6-9;1-2(3)4/h7-8H,2-6,9H2,1H3;1H3,(H,3,4). The van der Waals surface area contributed by atoms with Gasteiger partial charge in [0.1, 0.15) is 0 Å². The van der Waals surface area contributed by atoms with Gasteiger partial charge in [-0.2, -0.15) is 0 Å². The van der Waals surface area contributed by atoms with Gasteiger partial charge in [-0.15, -0.1) is 0 Å². The van der Waals surface area contributed by atoms with Crippen molar-refractivity contribution in [2.45, 2.75) is 39.5 Å². The van der Waals surface area contributed by atoms with Crippen molar-refractivity contribution in [3.63, 3.8) is 0 Å². The lowest BCUT2D eigenvalue weighted by molar-refractivity contribution is -0.134. The molecule has 0 radical (unpaired) electrons. The average Bonchev–Trinajstić information content (AvgIpc) is 2.04. The van der Waals surface area contributed by atoms with Crippen molar-refractivity contribution in [2.24, 2.45) is 17.6 Å². The van der Waals surface area contributed by atoms with Gasteiger partial charge in [0.2, 0.25) is 0 Å². The van der Waals surface area contributed by atoms with Crippen LogP contribution < -0.4 is 5.73 Å². The molecule has 0 aromatic heterocycles. The maximum atomic E-state index is 9.00. The molecule has 1 aliphatic rings. The number of nitrogens with two attached hydrogens (primary N) is 1. The summed E-state index contributed by atoms with van der Waals surface area (Å²) < 4.78 is 0. The molecule has 0 heterocycles. The monoisotopic (exact) mass is 187 g/mol. The number of carboxylic acids is 1. The minimum absolute atomic E-state index is 0.832. The molecule has 1 rings (SSSR count). The van der Waals surface area contributed by atoms with E-state index < -0.39 is 5.97 Å². The van der Waals surface area contributed by atoms with Crippen molar-refractivity contribution >= 4 is 5.97 Å². The number of carbonyl (C=O) groups is 1. The molecule has 78 valence electrons. The Morgan fingerprint density at radius 3 is 2.23 bits per heavy atom. The van der Waals surface area contributed by atoms with Gasteiger partial charge in [0.15, 0.2) is 0 Å². The smallest absolute Gasteiger partial charge is 0.300 e. The van der Waals surface area contributed by atoms with Gasteiger partial charge in [-0.05, 0) is 24.8 Å². The topological polar surface area (TPSA) is 63.3 Å². The number of hydrogen-bond donors (Lipinski definition) is 2. The molecular weight excluding hydrogens is 166 g/mol. The molecule has 0 saturated heterocycles. The summed E-state index contributed by atoms with van der Waals surface area (Å²) >= 11 is 0. The molecule has 0 aromatic carbocycles. The SMILES string of the molecule is CC(=O)O.CC1CCCCC1CN. The van der Waals surface area contributed by atoms with Crippen LogP contribution in [0.3, 0.4) is 0 Å². The molecule has 1 fully saturated rings. The van der Waals surface area contributed by atoms with Crippen molar-refractivity contribution in [3.05, 3.63) is 0 Å². The summed E-state index contributed by atoms with van der Waals surface area (Å²) in [4.78, 5) is 9.00. The van der Waals surface area contributed by atoms with Crippen LogP contribution in [0.1, 0.15) is 39.5 Å². The Morgan fingerprint density at radius 2 is 1.92 bits per heavy atom. The second-order valence-corrected chi connectivity index (χ2v) is 3.78. The van der Waals surface area contributed by atoms with E-state index in [-0.39, 0.29) is 0 Å². The molecule has 13 heavy (non-hydrogen) atoms. The zero-order chi connectivity index (χ0) is 10.3. The molecule has 0 aliphatic heterocycles. The average molecular weight is 187 g/mol. The molecule has 1 aliphatic carbocycles. The second-order valence-electron chi connectivity index (χ2n) is 3.78. The summed E-state index contributed by atoms with van der Waals surface area (Å²) in [6, 6.07) is 0. The minimum atomic E-state index is -0.833. The lowest BCUT2D eigenvalue weighted by Gasteiger charge is -2.27. The van der Waals surface area contributed by atoms with E-state index in [1.807, 2.05) is 0 Å². The first-order valence-corrected chi connectivity index (χ1v) is 4.97. The maximum absolute atomic E-state index is 9.00. The second kappa shape index (κ2) is 6.89. The van der Waals surface area contributed by atoms with E-state index in [1.165, 1.54) is 25.7 Å². The lowest BCUT2D eigenvalue weighted by atomic mass is 9.81. The Hall–Kier alpha value is -0.570. The van der Waals surface area contributed by atoms with Gasteiger partial charge in [-0.1, -0.05) is 26.2 Å². The van der Waals surface area contributed by atoms with Gasteiger partial charge in [-0.3, -0.25) is 4.79 Å². The highest BCUT2D eigenvalue weighted by Crippen LogP contribution is 2.28. The van der Waals surface area contributed by atoms with Crippen molar-refractivity contribution in [1.29, 1.82) is 0 Å². The molecule has 0 aromatic rings. The molecule has 0 amide bonds. The number of carboxylic acid groups (broad SMARTS) is 1. The molecule has 3 heteroatoms. The maximum Gasteiger partial charge on any atom is 0.300 e. The number of aliphatic carboxylic acids is 1. The van der Waals surface area contributed by atoms with Crippen LogP contribution >= 0.6 is 0 Å². The van der Waals surface area contributed by atoms with Crippen LogP contribution in [-0.2, 0) is 4.79 Å². The van der Waals surface area contributed by atoms with Gasteiger partial charge < -0.3 is 10.8 Å². The van der Waals surface area contributed by atoms with Gasteiger partial charge in [-0.25, -0.2) is 0 Å². The molecule has 2 atom stereocenters. The van der Waals surface area contributed by atoms with Crippen LogP contribution in [0.25, 0.3) is 0 Å². The molecule has 2 unspecified atom stereocenters. The molecule has 0 spiro atoms. The Labute approximate surface area is 80.3 Å². The summed E-state index contributed by atoms with van der Waals surface area (Å²) in [5, 5.41) is 7.42. The van der Waals surface area contributed by atoms with Crippen molar-refractivity contribution < 1.29 is 9.90 Å². The Balaban J connectivity index is 0.000000310. The largest absolute Gasteiger partial charge is 0.481 e. The van der Waals surface area contributed by atoms with Crippen molar-refractivity contribution in [1.82, 2.24) is 0 Å². The third-order valence-electron chi connectivity index (χ3n) is 2.59. The summed E-state index contributed by atoms with van der Waals surface area (Å²) in [6.07, 6.45) is 5.61. The molecular formula is C10H21NO2. The molecule has 1 saturated carbocycles. The van der Waals surface area contributed by atoms with E-state index in [0.29, 0.717) is 0 Å². The summed E-state index contributed by atoms with van der Waals surface area (Å²) in [5.41, 5.74) is 5.59. The van der Waals surface area contributed by atoms with Gasteiger partial charge in [0.05, 0.1) is 0 Å². The first kappa shape index (κ1) is 12.4. The first-order chi connectivity index (χ1) is 6.07. The van der Waals surface area contributed by atoms with Crippen LogP contribution in [0.2, 0.25) is 0 Å². The predicted octanol–water partition coefficient (Wildman–Crippen LogP) is 1.86. The highest BCUT2D eigenvalue weighted by molar-refractivity contribution is 5.62.